The summed E-state index contributed by atoms with van der Waals surface area (Å²) in [4.78, 5) is 10.3. The van der Waals surface area contributed by atoms with Crippen LogP contribution in [0.2, 0.25) is 0 Å². The molecule has 0 aliphatic rings. The van der Waals surface area contributed by atoms with Crippen LogP contribution in [0.15, 0.2) is 0 Å². The minimum absolute atomic E-state index is 0. The zero-order valence-electron chi connectivity index (χ0n) is 13.7. The Hall–Kier alpha value is -0.465. The van der Waals surface area contributed by atoms with Crippen LogP contribution in [-0.4, -0.2) is 19.5 Å². The van der Waals surface area contributed by atoms with Gasteiger partial charge >= 0.3 is 5.97 Å². The standard InChI is InChI=1S/C18H36O2.BH3/c1-2-3-4-5-6-7-8-9-10-11-12-13-14-15-16-17-18(19)20;/h2-17H2,1H3,(H,19,20);1H3. The van der Waals surface area contributed by atoms with Crippen molar-refractivity contribution in [3.8, 4) is 0 Å². The molecule has 0 bridgehead atoms. The Morgan fingerprint density at radius 1 is 0.619 bits per heavy atom. The summed E-state index contributed by atoms with van der Waals surface area (Å²) >= 11 is 0. The molecule has 0 spiro atoms. The molecule has 0 fully saturated rings. The summed E-state index contributed by atoms with van der Waals surface area (Å²) in [6, 6.07) is 0. The van der Waals surface area contributed by atoms with Crippen molar-refractivity contribution in [2.75, 3.05) is 0 Å². The molecule has 126 valence electrons. The molecule has 0 aliphatic carbocycles. The number of rotatable bonds is 16. The van der Waals surface area contributed by atoms with Gasteiger partial charge in [-0.2, -0.15) is 0 Å². The fourth-order valence-electron chi connectivity index (χ4n) is 2.65. The van der Waals surface area contributed by atoms with Crippen LogP contribution >= 0.6 is 0 Å². The Kier molecular flexibility index (Phi) is 21.2. The predicted octanol–water partition coefficient (Wildman–Crippen LogP) is 5.15. The molecule has 0 aromatic carbocycles. The van der Waals surface area contributed by atoms with Crippen molar-refractivity contribution in [1.82, 2.24) is 0 Å². The summed E-state index contributed by atoms with van der Waals surface area (Å²) in [6.45, 7) is 2.27. The smallest absolute Gasteiger partial charge is 0.303 e. The van der Waals surface area contributed by atoms with E-state index in [1.165, 1.54) is 83.5 Å². The van der Waals surface area contributed by atoms with E-state index >= 15 is 0 Å². The molecule has 0 saturated carbocycles. The molecule has 0 heterocycles. The number of carbonyl (C=O) groups is 1. The summed E-state index contributed by atoms with van der Waals surface area (Å²) in [5.74, 6) is -0.653. The average molecular weight is 298 g/mol. The zero-order chi connectivity index (χ0) is 14.9. The minimum atomic E-state index is -0.653. The van der Waals surface area contributed by atoms with E-state index in [1.54, 1.807) is 0 Å². The summed E-state index contributed by atoms with van der Waals surface area (Å²) in [7, 11) is 0. The predicted molar refractivity (Wildman–Crippen MR) is 97.1 cm³/mol. The monoisotopic (exact) mass is 298 g/mol. The number of carboxylic acids is 1. The lowest BCUT2D eigenvalue weighted by molar-refractivity contribution is -0.137. The third-order valence-corrected chi connectivity index (χ3v) is 3.99. The molecule has 0 saturated heterocycles. The Morgan fingerprint density at radius 2 is 0.905 bits per heavy atom. The van der Waals surface area contributed by atoms with E-state index in [-0.39, 0.29) is 8.41 Å². The number of aliphatic carboxylic acids is 1. The lowest BCUT2D eigenvalue weighted by atomic mass is 10.0. The molecule has 0 aliphatic heterocycles. The Balaban J connectivity index is 0. The van der Waals surface area contributed by atoms with Gasteiger partial charge in [0.1, 0.15) is 0 Å². The highest BCUT2D eigenvalue weighted by molar-refractivity contribution is 5.75. The van der Waals surface area contributed by atoms with Gasteiger partial charge in [0.15, 0.2) is 0 Å². The first kappa shape index (κ1) is 22.8. The number of unbranched alkanes of at least 4 members (excludes halogenated alkanes) is 14. The van der Waals surface area contributed by atoms with E-state index < -0.39 is 5.97 Å². The largest absolute Gasteiger partial charge is 0.481 e. The van der Waals surface area contributed by atoms with E-state index in [1.807, 2.05) is 0 Å². The van der Waals surface area contributed by atoms with Crippen molar-refractivity contribution >= 4 is 14.4 Å². The first-order valence-corrected chi connectivity index (χ1v) is 8.99. The molecule has 21 heavy (non-hydrogen) atoms. The molecule has 0 atom stereocenters. The molecule has 2 nitrogen and oxygen atoms in total. The number of carboxylic acid groups (broad SMARTS) is 1. The highest BCUT2D eigenvalue weighted by Crippen LogP contribution is 2.13. The molecule has 0 aromatic rings. The van der Waals surface area contributed by atoms with Crippen LogP contribution in [0.4, 0.5) is 0 Å². The van der Waals surface area contributed by atoms with Crippen LogP contribution in [0, 0.1) is 0 Å². The number of hydrogen-bond donors (Lipinski definition) is 1. The van der Waals surface area contributed by atoms with Crippen molar-refractivity contribution in [3.05, 3.63) is 0 Å². The highest BCUT2D eigenvalue weighted by Gasteiger charge is 1.97. The van der Waals surface area contributed by atoms with Gasteiger partial charge < -0.3 is 5.11 Å². The normalized spacial score (nSPS) is 10.3. The maximum absolute atomic E-state index is 10.3. The van der Waals surface area contributed by atoms with Crippen molar-refractivity contribution in [2.24, 2.45) is 0 Å². The second-order valence-electron chi connectivity index (χ2n) is 6.09. The average Bonchev–Trinajstić information content (AvgIpc) is 2.43. The Morgan fingerprint density at radius 3 is 1.19 bits per heavy atom. The first-order chi connectivity index (χ1) is 9.77. The van der Waals surface area contributed by atoms with E-state index in [2.05, 4.69) is 6.92 Å². The second-order valence-corrected chi connectivity index (χ2v) is 6.09. The van der Waals surface area contributed by atoms with Gasteiger partial charge in [0.25, 0.3) is 0 Å². The molecular weight excluding hydrogens is 259 g/mol. The molecule has 3 heteroatoms. The second kappa shape index (κ2) is 19.5. The maximum atomic E-state index is 10.3. The van der Waals surface area contributed by atoms with E-state index in [9.17, 15) is 4.79 Å². The lowest BCUT2D eigenvalue weighted by Crippen LogP contribution is -1.93. The summed E-state index contributed by atoms with van der Waals surface area (Å²) in [5, 5.41) is 8.52. The Labute approximate surface area is 134 Å². The highest BCUT2D eigenvalue weighted by atomic mass is 16.4. The van der Waals surface area contributed by atoms with Crippen LogP contribution in [0.3, 0.4) is 0 Å². The molecular formula is C18H39BO2. The van der Waals surface area contributed by atoms with Gasteiger partial charge in [0, 0.05) is 6.42 Å². The molecule has 1 N–H and O–H groups in total. The van der Waals surface area contributed by atoms with Gasteiger partial charge in [-0.3, -0.25) is 4.79 Å². The summed E-state index contributed by atoms with van der Waals surface area (Å²) in [5.41, 5.74) is 0. The van der Waals surface area contributed by atoms with Gasteiger partial charge in [-0.05, 0) is 6.42 Å². The van der Waals surface area contributed by atoms with Crippen LogP contribution in [0.25, 0.3) is 0 Å². The lowest BCUT2D eigenvalue weighted by Gasteiger charge is -2.03. The van der Waals surface area contributed by atoms with E-state index in [4.69, 9.17) is 5.11 Å². The van der Waals surface area contributed by atoms with Crippen LogP contribution in [0.5, 0.6) is 0 Å². The van der Waals surface area contributed by atoms with Gasteiger partial charge in [0.05, 0.1) is 8.41 Å². The SMILES string of the molecule is B.CCCCCCCCCCCCCCCCCC(=O)O. The quantitative estimate of drug-likeness (QED) is 0.316. The van der Waals surface area contributed by atoms with Crippen molar-refractivity contribution in [1.29, 1.82) is 0 Å². The fraction of sp³-hybridized carbons (Fsp3) is 0.944. The Bertz CT molecular complexity index is 207. The van der Waals surface area contributed by atoms with Crippen LogP contribution in [-0.2, 0) is 4.79 Å². The van der Waals surface area contributed by atoms with Crippen molar-refractivity contribution < 1.29 is 9.90 Å². The van der Waals surface area contributed by atoms with Crippen molar-refractivity contribution in [2.45, 2.75) is 110 Å². The van der Waals surface area contributed by atoms with Gasteiger partial charge in [-0.1, -0.05) is 96.8 Å². The topological polar surface area (TPSA) is 37.3 Å². The molecule has 0 radical (unpaired) electrons. The number of hydrogen-bond acceptors (Lipinski definition) is 1. The first-order valence-electron chi connectivity index (χ1n) is 8.99. The summed E-state index contributed by atoms with van der Waals surface area (Å²) < 4.78 is 0. The van der Waals surface area contributed by atoms with Gasteiger partial charge in [-0.25, -0.2) is 0 Å². The van der Waals surface area contributed by atoms with Crippen LogP contribution in [0.1, 0.15) is 110 Å². The van der Waals surface area contributed by atoms with E-state index in [0.29, 0.717) is 6.42 Å². The van der Waals surface area contributed by atoms with Crippen LogP contribution < -0.4 is 0 Å². The van der Waals surface area contributed by atoms with Gasteiger partial charge in [0.2, 0.25) is 0 Å². The molecule has 0 rings (SSSR count). The molecule has 0 amide bonds. The van der Waals surface area contributed by atoms with E-state index in [0.717, 1.165) is 12.8 Å². The molecule has 0 aromatic heterocycles. The molecule has 0 unspecified atom stereocenters. The third-order valence-electron chi connectivity index (χ3n) is 3.99. The fourth-order valence-corrected chi connectivity index (χ4v) is 2.65. The minimum Gasteiger partial charge on any atom is -0.481 e. The summed E-state index contributed by atoms with van der Waals surface area (Å²) in [6.07, 6.45) is 20.2. The maximum Gasteiger partial charge on any atom is 0.303 e. The third kappa shape index (κ3) is 22.0. The zero-order valence-corrected chi connectivity index (χ0v) is 13.7. The van der Waals surface area contributed by atoms with Crippen molar-refractivity contribution in [3.63, 3.8) is 0 Å². The van der Waals surface area contributed by atoms with Gasteiger partial charge in [-0.15, -0.1) is 0 Å².